The predicted molar refractivity (Wildman–Crippen MR) is 84.0 cm³/mol. The van der Waals surface area contributed by atoms with Gasteiger partial charge >= 0.3 is 0 Å². The van der Waals surface area contributed by atoms with Crippen LogP contribution in [0.2, 0.25) is 0 Å². The fraction of sp³-hybridized carbons (Fsp3) is 0.467. The van der Waals surface area contributed by atoms with Crippen molar-refractivity contribution in [1.82, 2.24) is 14.8 Å². The molecule has 0 aliphatic carbocycles. The zero-order chi connectivity index (χ0) is 17.2. The topological polar surface area (TPSA) is 85.1 Å². The van der Waals surface area contributed by atoms with E-state index in [4.69, 9.17) is 0 Å². The molecule has 0 bridgehead atoms. The highest BCUT2D eigenvalue weighted by atomic mass is 32.2. The molecule has 0 saturated carbocycles. The number of aliphatic hydroxyl groups excluding tert-OH is 1. The molecule has 0 aliphatic rings. The van der Waals surface area contributed by atoms with Crippen LogP contribution in [0.25, 0.3) is 0 Å². The van der Waals surface area contributed by atoms with E-state index in [2.05, 4.69) is 10.2 Å². The zero-order valence-corrected chi connectivity index (χ0v) is 14.1. The van der Waals surface area contributed by atoms with Crippen LogP contribution in [0, 0.1) is 12.7 Å². The van der Waals surface area contributed by atoms with E-state index in [9.17, 15) is 17.9 Å². The van der Waals surface area contributed by atoms with Crippen LogP contribution in [0.5, 0.6) is 0 Å². The molecule has 0 saturated heterocycles. The standard InChI is InChI=1S/C15H20FN3O3S/c1-4-14-17-18-15(19(14)3)9-23(21,22)8-13(20)12-6-5-11(16)7-10(12)2/h5-7,13,20H,4,8-9H2,1-3H3. The number of hydrogen-bond donors (Lipinski definition) is 1. The van der Waals surface area contributed by atoms with E-state index in [-0.39, 0.29) is 5.75 Å². The van der Waals surface area contributed by atoms with Crippen molar-refractivity contribution in [1.29, 1.82) is 0 Å². The van der Waals surface area contributed by atoms with Gasteiger partial charge in [-0.15, -0.1) is 10.2 Å². The summed E-state index contributed by atoms with van der Waals surface area (Å²) in [6.07, 6.45) is -0.555. The second-order valence-electron chi connectivity index (χ2n) is 5.52. The van der Waals surface area contributed by atoms with Crippen LogP contribution in [-0.2, 0) is 29.1 Å². The lowest BCUT2D eigenvalue weighted by atomic mass is 10.0. The van der Waals surface area contributed by atoms with Gasteiger partial charge in [0.2, 0.25) is 0 Å². The van der Waals surface area contributed by atoms with E-state index < -0.39 is 27.5 Å². The fourth-order valence-corrected chi connectivity index (χ4v) is 3.85. The van der Waals surface area contributed by atoms with Crippen LogP contribution in [-0.4, -0.2) is 34.0 Å². The van der Waals surface area contributed by atoms with Gasteiger partial charge in [0.1, 0.15) is 23.2 Å². The minimum absolute atomic E-state index is 0.298. The Labute approximate surface area is 134 Å². The fourth-order valence-electron chi connectivity index (χ4n) is 2.43. The van der Waals surface area contributed by atoms with Gasteiger partial charge in [0, 0.05) is 13.5 Å². The van der Waals surface area contributed by atoms with Crippen LogP contribution in [0.4, 0.5) is 4.39 Å². The Morgan fingerprint density at radius 1 is 1.30 bits per heavy atom. The first kappa shape index (κ1) is 17.6. The second-order valence-corrected chi connectivity index (χ2v) is 7.63. The van der Waals surface area contributed by atoms with Gasteiger partial charge in [0.25, 0.3) is 0 Å². The first-order chi connectivity index (χ1) is 10.7. The normalized spacial score (nSPS) is 13.3. The van der Waals surface area contributed by atoms with Gasteiger partial charge in [-0.3, -0.25) is 0 Å². The Balaban J connectivity index is 2.15. The Bertz CT molecular complexity index is 802. The minimum atomic E-state index is -3.59. The van der Waals surface area contributed by atoms with E-state index in [0.717, 1.165) is 0 Å². The molecule has 1 atom stereocenters. The van der Waals surface area contributed by atoms with E-state index in [0.29, 0.717) is 29.2 Å². The summed E-state index contributed by atoms with van der Waals surface area (Å²) in [7, 11) is -1.88. The Kier molecular flexibility index (Phi) is 5.16. The van der Waals surface area contributed by atoms with Gasteiger partial charge in [-0.1, -0.05) is 13.0 Å². The molecule has 2 aromatic rings. The van der Waals surface area contributed by atoms with E-state index in [1.54, 1.807) is 18.5 Å². The molecule has 0 radical (unpaired) electrons. The molecule has 0 spiro atoms. The second kappa shape index (κ2) is 6.76. The predicted octanol–water partition coefficient (Wildman–Crippen LogP) is 1.47. The molecule has 1 N–H and O–H groups in total. The molecule has 0 fully saturated rings. The third-order valence-electron chi connectivity index (χ3n) is 3.72. The van der Waals surface area contributed by atoms with Crippen LogP contribution >= 0.6 is 0 Å². The summed E-state index contributed by atoms with van der Waals surface area (Å²) in [6.45, 7) is 3.54. The van der Waals surface area contributed by atoms with Crippen molar-refractivity contribution in [3.8, 4) is 0 Å². The molecule has 0 amide bonds. The van der Waals surface area contributed by atoms with E-state index >= 15 is 0 Å². The third kappa shape index (κ3) is 4.14. The average Bonchev–Trinajstić information content (AvgIpc) is 2.78. The number of aliphatic hydroxyl groups is 1. The smallest absolute Gasteiger partial charge is 0.160 e. The first-order valence-corrected chi connectivity index (χ1v) is 9.07. The lowest BCUT2D eigenvalue weighted by Gasteiger charge is -2.14. The lowest BCUT2D eigenvalue weighted by molar-refractivity contribution is 0.200. The molecule has 2 rings (SSSR count). The van der Waals surface area contributed by atoms with Crippen molar-refractivity contribution < 1.29 is 17.9 Å². The van der Waals surface area contributed by atoms with Gasteiger partial charge < -0.3 is 9.67 Å². The molecule has 1 aromatic carbocycles. The molecule has 23 heavy (non-hydrogen) atoms. The number of aromatic nitrogens is 3. The first-order valence-electron chi connectivity index (χ1n) is 7.25. The average molecular weight is 341 g/mol. The van der Waals surface area contributed by atoms with Gasteiger partial charge in [-0.2, -0.15) is 0 Å². The van der Waals surface area contributed by atoms with Crippen molar-refractivity contribution in [2.24, 2.45) is 7.05 Å². The van der Waals surface area contributed by atoms with Gasteiger partial charge in [0.15, 0.2) is 9.84 Å². The van der Waals surface area contributed by atoms with Crippen molar-refractivity contribution in [2.45, 2.75) is 32.1 Å². The quantitative estimate of drug-likeness (QED) is 0.860. The van der Waals surface area contributed by atoms with Crippen LogP contribution in [0.3, 0.4) is 0 Å². The number of aryl methyl sites for hydroxylation is 2. The van der Waals surface area contributed by atoms with E-state index in [1.165, 1.54) is 18.2 Å². The number of sulfone groups is 1. The Morgan fingerprint density at radius 2 is 1.96 bits per heavy atom. The summed E-state index contributed by atoms with van der Waals surface area (Å²) in [5, 5.41) is 18.0. The summed E-state index contributed by atoms with van der Waals surface area (Å²) >= 11 is 0. The molecular formula is C15H20FN3O3S. The minimum Gasteiger partial charge on any atom is -0.387 e. The van der Waals surface area contributed by atoms with Crippen LogP contribution in [0.1, 0.15) is 35.8 Å². The van der Waals surface area contributed by atoms with E-state index in [1.807, 2.05) is 6.92 Å². The third-order valence-corrected chi connectivity index (χ3v) is 5.24. The summed E-state index contributed by atoms with van der Waals surface area (Å²) in [5.41, 5.74) is 0.918. The monoisotopic (exact) mass is 341 g/mol. The van der Waals surface area contributed by atoms with Crippen molar-refractivity contribution in [3.05, 3.63) is 46.8 Å². The largest absolute Gasteiger partial charge is 0.387 e. The highest BCUT2D eigenvalue weighted by Gasteiger charge is 2.23. The van der Waals surface area contributed by atoms with Gasteiger partial charge in [-0.25, -0.2) is 12.8 Å². The molecule has 0 aliphatic heterocycles. The van der Waals surface area contributed by atoms with Crippen LogP contribution in [0.15, 0.2) is 18.2 Å². The molecule has 1 aromatic heterocycles. The highest BCUT2D eigenvalue weighted by molar-refractivity contribution is 7.90. The lowest BCUT2D eigenvalue weighted by Crippen LogP contribution is -2.19. The molecule has 126 valence electrons. The maximum Gasteiger partial charge on any atom is 0.160 e. The van der Waals surface area contributed by atoms with Crippen molar-refractivity contribution in [2.75, 3.05) is 5.75 Å². The van der Waals surface area contributed by atoms with Crippen molar-refractivity contribution in [3.63, 3.8) is 0 Å². The molecule has 1 heterocycles. The molecule has 1 unspecified atom stereocenters. The number of halogens is 1. The van der Waals surface area contributed by atoms with Gasteiger partial charge in [0.05, 0.1) is 11.9 Å². The van der Waals surface area contributed by atoms with Gasteiger partial charge in [-0.05, 0) is 30.2 Å². The van der Waals surface area contributed by atoms with Crippen LogP contribution < -0.4 is 0 Å². The Morgan fingerprint density at radius 3 is 2.52 bits per heavy atom. The molecular weight excluding hydrogens is 321 g/mol. The Hall–Kier alpha value is -1.80. The molecule has 8 heteroatoms. The SMILES string of the molecule is CCc1nnc(CS(=O)(=O)CC(O)c2ccc(F)cc2C)n1C. The summed E-state index contributed by atoms with van der Waals surface area (Å²) in [6, 6.07) is 3.87. The number of hydrogen-bond acceptors (Lipinski definition) is 5. The number of rotatable bonds is 6. The zero-order valence-electron chi connectivity index (χ0n) is 13.3. The highest BCUT2D eigenvalue weighted by Crippen LogP contribution is 2.21. The number of nitrogens with zero attached hydrogens (tertiary/aromatic N) is 3. The summed E-state index contributed by atoms with van der Waals surface area (Å²) < 4.78 is 39.3. The van der Waals surface area contributed by atoms with Crippen molar-refractivity contribution >= 4 is 9.84 Å². The maximum absolute atomic E-state index is 13.1. The summed E-state index contributed by atoms with van der Waals surface area (Å²) in [4.78, 5) is 0. The number of benzene rings is 1. The maximum atomic E-state index is 13.1. The molecule has 6 nitrogen and oxygen atoms in total. The summed E-state index contributed by atoms with van der Waals surface area (Å²) in [5.74, 6) is -0.135.